The molecule has 1 amide bonds. The Morgan fingerprint density at radius 2 is 2.00 bits per heavy atom. The molecule has 0 radical (unpaired) electrons. The number of aryl methyl sites for hydroxylation is 1. The van der Waals surface area contributed by atoms with Crippen LogP contribution in [-0.2, 0) is 20.9 Å². The van der Waals surface area contributed by atoms with Gasteiger partial charge in [0.1, 0.15) is 5.60 Å². The van der Waals surface area contributed by atoms with Gasteiger partial charge in [0.15, 0.2) is 5.82 Å². The van der Waals surface area contributed by atoms with E-state index in [0.29, 0.717) is 11.7 Å². The van der Waals surface area contributed by atoms with Crippen molar-refractivity contribution < 1.29 is 18.8 Å². The fourth-order valence-corrected chi connectivity index (χ4v) is 1.28. The molecule has 0 fully saturated rings. The highest BCUT2D eigenvalue weighted by molar-refractivity contribution is 5.81. The quantitative estimate of drug-likeness (QED) is 0.805. The van der Waals surface area contributed by atoms with Gasteiger partial charge in [-0.3, -0.25) is 9.59 Å². The summed E-state index contributed by atoms with van der Waals surface area (Å²) >= 11 is 0. The van der Waals surface area contributed by atoms with E-state index in [1.165, 1.54) is 0 Å². The number of nitrogens with one attached hydrogen (secondary N) is 1. The third kappa shape index (κ3) is 6.54. The first-order valence-electron chi connectivity index (χ1n) is 6.04. The minimum Gasteiger partial charge on any atom is -0.460 e. The van der Waals surface area contributed by atoms with Crippen LogP contribution in [0.15, 0.2) is 4.52 Å². The molecule has 0 aromatic carbocycles. The molecule has 0 aliphatic heterocycles. The second-order valence-corrected chi connectivity index (χ2v) is 5.10. The number of esters is 1. The summed E-state index contributed by atoms with van der Waals surface area (Å²) in [5.74, 6) is 0.194. The number of hydrogen-bond acceptors (Lipinski definition) is 6. The second-order valence-electron chi connectivity index (χ2n) is 5.10. The van der Waals surface area contributed by atoms with Crippen LogP contribution in [0.25, 0.3) is 0 Å². The normalized spacial score (nSPS) is 11.2. The van der Waals surface area contributed by atoms with Crippen molar-refractivity contribution in [3.63, 3.8) is 0 Å². The van der Waals surface area contributed by atoms with Crippen LogP contribution in [0.1, 0.15) is 45.3 Å². The average molecular weight is 269 g/mol. The molecule has 1 N–H and O–H groups in total. The first kappa shape index (κ1) is 15.1. The maximum absolute atomic E-state index is 11.5. The van der Waals surface area contributed by atoms with Crippen LogP contribution in [-0.4, -0.2) is 27.6 Å². The fourth-order valence-electron chi connectivity index (χ4n) is 1.28. The Morgan fingerprint density at radius 1 is 1.32 bits per heavy atom. The number of nitrogens with zero attached hydrogens (tertiary/aromatic N) is 2. The highest BCUT2D eigenvalue weighted by atomic mass is 16.6. The molecule has 0 unspecified atom stereocenters. The molecule has 19 heavy (non-hydrogen) atoms. The van der Waals surface area contributed by atoms with E-state index in [0.717, 1.165) is 0 Å². The number of rotatable bonds is 5. The molecule has 1 rings (SSSR count). The van der Waals surface area contributed by atoms with Gasteiger partial charge in [0, 0.05) is 6.42 Å². The van der Waals surface area contributed by atoms with Crippen molar-refractivity contribution in [2.75, 3.05) is 0 Å². The molecule has 7 heteroatoms. The molecule has 0 atom stereocenters. The molecule has 0 aliphatic carbocycles. The standard InChI is InChI=1S/C12H19N3O4/c1-8-14-10(19-15-8)7-13-9(16)5-6-11(17)18-12(2,3)4/h5-7H2,1-4H3,(H,13,16). The monoisotopic (exact) mass is 269 g/mol. The lowest BCUT2D eigenvalue weighted by atomic mass is 10.2. The van der Waals surface area contributed by atoms with Gasteiger partial charge in [-0.2, -0.15) is 4.98 Å². The SMILES string of the molecule is Cc1noc(CNC(=O)CCC(=O)OC(C)(C)C)n1. The van der Waals surface area contributed by atoms with Crippen molar-refractivity contribution in [2.45, 2.75) is 52.7 Å². The average Bonchev–Trinajstić information content (AvgIpc) is 2.67. The summed E-state index contributed by atoms with van der Waals surface area (Å²) in [5, 5.41) is 6.19. The minimum absolute atomic E-state index is 0.0476. The number of aromatic nitrogens is 2. The molecule has 1 heterocycles. The maximum atomic E-state index is 11.5. The number of carbonyl (C=O) groups is 2. The van der Waals surface area contributed by atoms with Crippen molar-refractivity contribution in [3.05, 3.63) is 11.7 Å². The van der Waals surface area contributed by atoms with Gasteiger partial charge in [0.05, 0.1) is 13.0 Å². The Balaban J connectivity index is 2.23. The largest absolute Gasteiger partial charge is 0.460 e. The molecule has 1 aromatic rings. The van der Waals surface area contributed by atoms with Gasteiger partial charge in [-0.25, -0.2) is 0 Å². The topological polar surface area (TPSA) is 94.3 Å². The van der Waals surface area contributed by atoms with Crippen LogP contribution in [0.3, 0.4) is 0 Å². The van der Waals surface area contributed by atoms with Gasteiger partial charge in [0.25, 0.3) is 0 Å². The van der Waals surface area contributed by atoms with Crippen molar-refractivity contribution in [1.29, 1.82) is 0 Å². The first-order chi connectivity index (χ1) is 8.76. The number of hydrogen-bond donors (Lipinski definition) is 1. The highest BCUT2D eigenvalue weighted by Crippen LogP contribution is 2.09. The fraction of sp³-hybridized carbons (Fsp3) is 0.667. The molecule has 0 saturated heterocycles. The zero-order valence-electron chi connectivity index (χ0n) is 11.6. The van der Waals surface area contributed by atoms with E-state index in [1.54, 1.807) is 27.7 Å². The van der Waals surface area contributed by atoms with E-state index in [4.69, 9.17) is 9.26 Å². The Morgan fingerprint density at radius 3 is 2.53 bits per heavy atom. The van der Waals surface area contributed by atoms with Crippen LogP contribution in [0.5, 0.6) is 0 Å². The van der Waals surface area contributed by atoms with E-state index in [9.17, 15) is 9.59 Å². The van der Waals surface area contributed by atoms with E-state index in [2.05, 4.69) is 15.5 Å². The van der Waals surface area contributed by atoms with Gasteiger partial charge in [-0.1, -0.05) is 5.16 Å². The van der Waals surface area contributed by atoms with Gasteiger partial charge in [-0.05, 0) is 27.7 Å². The molecular weight excluding hydrogens is 250 g/mol. The predicted molar refractivity (Wildman–Crippen MR) is 66.0 cm³/mol. The lowest BCUT2D eigenvalue weighted by Crippen LogP contribution is -2.27. The van der Waals surface area contributed by atoms with Crippen molar-refractivity contribution in [1.82, 2.24) is 15.5 Å². The molecule has 106 valence electrons. The second kappa shape index (κ2) is 6.31. The Hall–Kier alpha value is -1.92. The van der Waals surface area contributed by atoms with Gasteiger partial charge >= 0.3 is 5.97 Å². The summed E-state index contributed by atoms with van der Waals surface area (Å²) in [6.45, 7) is 7.19. The van der Waals surface area contributed by atoms with Crippen LogP contribution in [0.2, 0.25) is 0 Å². The molecule has 7 nitrogen and oxygen atoms in total. The third-order valence-electron chi connectivity index (χ3n) is 1.98. The first-order valence-corrected chi connectivity index (χ1v) is 6.04. The summed E-state index contributed by atoms with van der Waals surface area (Å²) in [6, 6.07) is 0. The molecule has 0 spiro atoms. The summed E-state index contributed by atoms with van der Waals surface area (Å²) < 4.78 is 9.93. The third-order valence-corrected chi connectivity index (χ3v) is 1.98. The van der Waals surface area contributed by atoms with E-state index in [-0.39, 0.29) is 25.3 Å². The Bertz CT molecular complexity index is 448. The lowest BCUT2D eigenvalue weighted by Gasteiger charge is -2.19. The van der Waals surface area contributed by atoms with Crippen molar-refractivity contribution >= 4 is 11.9 Å². The molecule has 0 aliphatic rings. The molecule has 0 saturated carbocycles. The zero-order valence-corrected chi connectivity index (χ0v) is 11.6. The summed E-state index contributed by atoms with van der Waals surface area (Å²) in [6.07, 6.45) is 0.119. The summed E-state index contributed by atoms with van der Waals surface area (Å²) in [5.41, 5.74) is -0.533. The van der Waals surface area contributed by atoms with Crippen molar-refractivity contribution in [2.24, 2.45) is 0 Å². The lowest BCUT2D eigenvalue weighted by molar-refractivity contribution is -0.155. The highest BCUT2D eigenvalue weighted by Gasteiger charge is 2.17. The smallest absolute Gasteiger partial charge is 0.306 e. The Labute approximate surface area is 111 Å². The van der Waals surface area contributed by atoms with E-state index < -0.39 is 11.6 Å². The number of carbonyl (C=O) groups excluding carboxylic acids is 2. The molecule has 1 aromatic heterocycles. The number of amides is 1. The van der Waals surface area contributed by atoms with Crippen LogP contribution < -0.4 is 5.32 Å². The maximum Gasteiger partial charge on any atom is 0.306 e. The summed E-state index contributed by atoms with van der Waals surface area (Å²) in [7, 11) is 0. The van der Waals surface area contributed by atoms with E-state index in [1.807, 2.05) is 0 Å². The van der Waals surface area contributed by atoms with Crippen LogP contribution in [0.4, 0.5) is 0 Å². The number of ether oxygens (including phenoxy) is 1. The molecule has 0 bridgehead atoms. The van der Waals surface area contributed by atoms with Gasteiger partial charge in [-0.15, -0.1) is 0 Å². The van der Waals surface area contributed by atoms with Crippen LogP contribution in [0, 0.1) is 6.92 Å². The zero-order chi connectivity index (χ0) is 14.5. The predicted octanol–water partition coefficient (Wildman–Crippen LogP) is 1.12. The van der Waals surface area contributed by atoms with Gasteiger partial charge in [0.2, 0.25) is 11.8 Å². The Kier molecular flexibility index (Phi) is 5.02. The van der Waals surface area contributed by atoms with Crippen molar-refractivity contribution in [3.8, 4) is 0 Å². The van der Waals surface area contributed by atoms with Gasteiger partial charge < -0.3 is 14.6 Å². The van der Waals surface area contributed by atoms with E-state index >= 15 is 0 Å². The molecular formula is C12H19N3O4. The minimum atomic E-state index is -0.533. The van der Waals surface area contributed by atoms with Crippen LogP contribution >= 0.6 is 0 Å². The summed E-state index contributed by atoms with van der Waals surface area (Å²) in [4.78, 5) is 26.8.